The zero-order chi connectivity index (χ0) is 17.9. The molecule has 4 rings (SSSR count). The fourth-order valence-corrected chi connectivity index (χ4v) is 3.90. The van der Waals surface area contributed by atoms with Gasteiger partial charge in [0.1, 0.15) is 12.1 Å². The molecule has 26 heavy (non-hydrogen) atoms. The maximum absolute atomic E-state index is 6.14. The van der Waals surface area contributed by atoms with E-state index in [1.165, 1.54) is 5.56 Å². The lowest BCUT2D eigenvalue weighted by Crippen LogP contribution is -2.45. The Kier molecular flexibility index (Phi) is 5.28. The van der Waals surface area contributed by atoms with E-state index < -0.39 is 0 Å². The number of aromatic nitrogens is 3. The van der Waals surface area contributed by atoms with E-state index in [9.17, 15) is 0 Å². The van der Waals surface area contributed by atoms with Crippen molar-refractivity contribution in [3.8, 4) is 0 Å². The second-order valence-corrected chi connectivity index (χ2v) is 7.18. The van der Waals surface area contributed by atoms with E-state index in [0.29, 0.717) is 0 Å². The Bertz CT molecular complexity index is 763. The monoisotopic (exact) mass is 357 g/mol. The van der Waals surface area contributed by atoms with Crippen molar-refractivity contribution in [1.29, 1.82) is 0 Å². The second kappa shape index (κ2) is 7.82. The highest BCUT2D eigenvalue weighted by molar-refractivity contribution is 5.90. The number of ether oxygens (including phenoxy) is 2. The number of hydrogen-bond donors (Lipinski definition) is 0. The van der Waals surface area contributed by atoms with Crippen molar-refractivity contribution in [2.45, 2.75) is 26.4 Å². The molecule has 2 aliphatic heterocycles. The molecule has 2 aromatic rings. The Hall–Kier alpha value is -1.83. The Balaban J connectivity index is 1.59. The second-order valence-electron chi connectivity index (χ2n) is 7.18. The van der Waals surface area contributed by atoms with Gasteiger partial charge in [0.2, 0.25) is 0 Å². The van der Waals surface area contributed by atoms with E-state index in [1.54, 1.807) is 6.33 Å². The maximum atomic E-state index is 6.14. The fourth-order valence-electron chi connectivity index (χ4n) is 3.90. The van der Waals surface area contributed by atoms with E-state index in [1.807, 2.05) is 6.92 Å². The molecule has 4 heterocycles. The highest BCUT2D eigenvalue weighted by Gasteiger charge is 2.25. The van der Waals surface area contributed by atoms with Crippen LogP contribution in [0.2, 0.25) is 0 Å². The number of aryl methyl sites for hydroxylation is 2. The average Bonchev–Trinajstić information content (AvgIpc) is 2.87. The molecule has 2 fully saturated rings. The van der Waals surface area contributed by atoms with Gasteiger partial charge in [0.05, 0.1) is 24.7 Å². The number of anilines is 1. The Morgan fingerprint density at radius 1 is 1.12 bits per heavy atom. The van der Waals surface area contributed by atoms with Gasteiger partial charge >= 0.3 is 0 Å². The topological polar surface area (TPSA) is 63.6 Å². The molecule has 0 bridgehead atoms. The van der Waals surface area contributed by atoms with Crippen LogP contribution in [0.15, 0.2) is 12.4 Å². The van der Waals surface area contributed by atoms with Crippen molar-refractivity contribution in [3.05, 3.63) is 23.7 Å². The number of nitrogens with zero attached hydrogens (tertiary/aromatic N) is 5. The quantitative estimate of drug-likeness (QED) is 0.826. The summed E-state index contributed by atoms with van der Waals surface area (Å²) in [6.45, 7) is 11.3. The number of pyridine rings is 1. The van der Waals surface area contributed by atoms with E-state index >= 15 is 0 Å². The number of morpholine rings is 1. The fraction of sp³-hybridized carbons (Fsp3) is 0.632. The summed E-state index contributed by atoms with van der Waals surface area (Å²) in [4.78, 5) is 18.4. The van der Waals surface area contributed by atoms with Crippen molar-refractivity contribution < 1.29 is 9.47 Å². The van der Waals surface area contributed by atoms with E-state index in [4.69, 9.17) is 9.47 Å². The summed E-state index contributed by atoms with van der Waals surface area (Å²) >= 11 is 0. The third kappa shape index (κ3) is 3.79. The predicted molar refractivity (Wildman–Crippen MR) is 101 cm³/mol. The first kappa shape index (κ1) is 17.6. The third-order valence-electron chi connectivity index (χ3n) is 5.12. The first-order valence-electron chi connectivity index (χ1n) is 9.46. The van der Waals surface area contributed by atoms with Crippen LogP contribution >= 0.6 is 0 Å². The molecular formula is C19H27N5O2. The van der Waals surface area contributed by atoms with E-state index in [0.717, 1.165) is 81.5 Å². The minimum atomic E-state index is 0.180. The normalized spacial score (nSPS) is 22.5. The predicted octanol–water partition coefficient (Wildman–Crippen LogP) is 1.57. The summed E-state index contributed by atoms with van der Waals surface area (Å²) < 4.78 is 11.6. The molecule has 2 aliphatic rings. The average molecular weight is 357 g/mol. The number of fused-ring (bicyclic) bond motifs is 1. The van der Waals surface area contributed by atoms with Gasteiger partial charge in [-0.2, -0.15) is 0 Å². The number of rotatable bonds is 3. The van der Waals surface area contributed by atoms with E-state index in [2.05, 4.69) is 37.7 Å². The zero-order valence-corrected chi connectivity index (χ0v) is 15.6. The lowest BCUT2D eigenvalue weighted by molar-refractivity contribution is -0.00508. The minimum absolute atomic E-state index is 0.180. The van der Waals surface area contributed by atoms with E-state index in [-0.39, 0.29) is 6.10 Å². The largest absolute Gasteiger partial charge is 0.379 e. The van der Waals surface area contributed by atoms with Crippen molar-refractivity contribution in [3.63, 3.8) is 0 Å². The molecule has 7 nitrogen and oxygen atoms in total. The Labute approximate surface area is 154 Å². The first-order chi connectivity index (χ1) is 12.7. The van der Waals surface area contributed by atoms with Crippen LogP contribution in [-0.2, 0) is 9.47 Å². The van der Waals surface area contributed by atoms with Crippen LogP contribution < -0.4 is 4.90 Å². The molecule has 2 saturated heterocycles. The third-order valence-corrected chi connectivity index (χ3v) is 5.12. The lowest BCUT2D eigenvalue weighted by Gasteiger charge is -2.32. The van der Waals surface area contributed by atoms with Gasteiger partial charge in [-0.3, -0.25) is 4.90 Å². The van der Waals surface area contributed by atoms with Crippen LogP contribution in [0.3, 0.4) is 0 Å². The smallest absolute Gasteiger partial charge is 0.165 e. The van der Waals surface area contributed by atoms with Crippen LogP contribution in [0.5, 0.6) is 0 Å². The van der Waals surface area contributed by atoms with Crippen LogP contribution in [0.25, 0.3) is 11.0 Å². The molecule has 0 aliphatic carbocycles. The van der Waals surface area contributed by atoms with Crippen LogP contribution in [0, 0.1) is 13.8 Å². The summed E-state index contributed by atoms with van der Waals surface area (Å²) in [5, 5.41) is 1.06. The molecule has 0 spiro atoms. The van der Waals surface area contributed by atoms with Gasteiger partial charge in [0, 0.05) is 45.0 Å². The minimum Gasteiger partial charge on any atom is -0.379 e. The van der Waals surface area contributed by atoms with Crippen LogP contribution in [0.4, 0.5) is 5.82 Å². The summed E-state index contributed by atoms with van der Waals surface area (Å²) in [6.07, 6.45) is 2.81. The van der Waals surface area contributed by atoms with Gasteiger partial charge in [-0.15, -0.1) is 0 Å². The highest BCUT2D eigenvalue weighted by atomic mass is 16.5. The van der Waals surface area contributed by atoms with Gasteiger partial charge < -0.3 is 14.4 Å². The molecule has 0 saturated carbocycles. The standard InChI is InChI=1S/C19H27N5O2/c1-14-10-15(2)22-18-17(14)19(21-13-20-18)24-4-3-7-26-16(12-24)11-23-5-8-25-9-6-23/h10,13,16H,3-9,11-12H2,1-2H3/t16-/m0/s1. The van der Waals surface area contributed by atoms with Gasteiger partial charge in [0.25, 0.3) is 0 Å². The van der Waals surface area contributed by atoms with Gasteiger partial charge in [-0.05, 0) is 31.9 Å². The first-order valence-corrected chi connectivity index (χ1v) is 9.46. The molecule has 7 heteroatoms. The van der Waals surface area contributed by atoms with Crippen molar-refractivity contribution in [2.75, 3.05) is 57.4 Å². The van der Waals surface area contributed by atoms with Gasteiger partial charge in [0.15, 0.2) is 5.65 Å². The van der Waals surface area contributed by atoms with Crippen molar-refractivity contribution in [2.24, 2.45) is 0 Å². The molecule has 2 aromatic heterocycles. The molecule has 0 aromatic carbocycles. The number of hydrogen-bond acceptors (Lipinski definition) is 7. The molecular weight excluding hydrogens is 330 g/mol. The Morgan fingerprint density at radius 2 is 1.96 bits per heavy atom. The molecule has 140 valence electrons. The van der Waals surface area contributed by atoms with Gasteiger partial charge in [-0.1, -0.05) is 0 Å². The summed E-state index contributed by atoms with van der Waals surface area (Å²) in [5.74, 6) is 0.984. The molecule has 1 atom stereocenters. The lowest BCUT2D eigenvalue weighted by atomic mass is 10.1. The van der Waals surface area contributed by atoms with Crippen molar-refractivity contribution in [1.82, 2.24) is 19.9 Å². The highest BCUT2D eigenvalue weighted by Crippen LogP contribution is 2.27. The van der Waals surface area contributed by atoms with Crippen LogP contribution in [-0.4, -0.2) is 78.5 Å². The molecule has 0 unspecified atom stereocenters. The summed E-state index contributed by atoms with van der Waals surface area (Å²) in [5.41, 5.74) is 2.95. The van der Waals surface area contributed by atoms with Crippen LogP contribution in [0.1, 0.15) is 17.7 Å². The maximum Gasteiger partial charge on any atom is 0.165 e. The molecule has 0 radical (unpaired) electrons. The molecule has 0 N–H and O–H groups in total. The summed E-state index contributed by atoms with van der Waals surface area (Å²) in [7, 11) is 0. The SMILES string of the molecule is Cc1cc(C)c2c(N3CCCO[C@@H](CN4CCOCC4)C3)ncnc2n1. The van der Waals surface area contributed by atoms with Gasteiger partial charge in [-0.25, -0.2) is 15.0 Å². The zero-order valence-electron chi connectivity index (χ0n) is 15.6. The summed E-state index contributed by atoms with van der Waals surface area (Å²) in [6, 6.07) is 2.11. The molecule has 0 amide bonds. The Morgan fingerprint density at radius 3 is 2.81 bits per heavy atom. The van der Waals surface area contributed by atoms with Crippen molar-refractivity contribution >= 4 is 16.9 Å².